The topological polar surface area (TPSA) is 70.2 Å². The third-order valence-corrected chi connectivity index (χ3v) is 3.90. The van der Waals surface area contributed by atoms with Crippen molar-refractivity contribution in [3.05, 3.63) is 0 Å². The van der Waals surface area contributed by atoms with Crippen molar-refractivity contribution in [3.63, 3.8) is 0 Å². The number of imide groups is 1. The number of rotatable bonds is 5. The molecule has 1 saturated carbocycles. The van der Waals surface area contributed by atoms with Crippen molar-refractivity contribution in [2.75, 3.05) is 6.54 Å². The van der Waals surface area contributed by atoms with E-state index in [9.17, 15) is 9.59 Å². The fraction of sp³-hybridized carbons (Fsp3) is 0.867. The minimum Gasteiger partial charge on any atom is -0.335 e. The van der Waals surface area contributed by atoms with Gasteiger partial charge in [0.25, 0.3) is 0 Å². The fourth-order valence-electron chi connectivity index (χ4n) is 2.43. The number of hydrogen-bond acceptors (Lipinski definition) is 3. The lowest BCUT2D eigenvalue weighted by Crippen LogP contribution is -2.47. The highest BCUT2D eigenvalue weighted by molar-refractivity contribution is 5.95. The molecule has 3 N–H and O–H groups in total. The highest BCUT2D eigenvalue weighted by Crippen LogP contribution is 2.16. The van der Waals surface area contributed by atoms with Crippen LogP contribution in [0.2, 0.25) is 0 Å². The Morgan fingerprint density at radius 3 is 2.30 bits per heavy atom. The van der Waals surface area contributed by atoms with Crippen molar-refractivity contribution < 1.29 is 9.59 Å². The Kier molecular flexibility index (Phi) is 8.26. The fourth-order valence-corrected chi connectivity index (χ4v) is 2.43. The number of nitrogens with one attached hydrogen (secondary N) is 3. The van der Waals surface area contributed by atoms with Gasteiger partial charge in [0.2, 0.25) is 5.91 Å². The summed E-state index contributed by atoms with van der Waals surface area (Å²) >= 11 is 0. The molecule has 20 heavy (non-hydrogen) atoms. The molecule has 0 bridgehead atoms. The van der Waals surface area contributed by atoms with E-state index >= 15 is 0 Å². The molecule has 1 atom stereocenters. The Balaban J connectivity index is 2.19. The molecule has 5 nitrogen and oxygen atoms in total. The van der Waals surface area contributed by atoms with Gasteiger partial charge >= 0.3 is 6.03 Å². The molecule has 1 aliphatic carbocycles. The van der Waals surface area contributed by atoms with Crippen LogP contribution in [-0.4, -0.2) is 30.6 Å². The maximum absolute atomic E-state index is 11.7. The van der Waals surface area contributed by atoms with E-state index in [1.807, 2.05) is 13.8 Å². The first-order chi connectivity index (χ1) is 9.61. The summed E-state index contributed by atoms with van der Waals surface area (Å²) in [6.07, 6.45) is 9.49. The minimum absolute atomic E-state index is 0.0846. The minimum atomic E-state index is -0.399. The summed E-state index contributed by atoms with van der Waals surface area (Å²) in [6.45, 7) is 4.12. The van der Waals surface area contributed by atoms with E-state index in [1.54, 1.807) is 0 Å². The summed E-state index contributed by atoms with van der Waals surface area (Å²) in [6, 6.07) is 0.101. The van der Waals surface area contributed by atoms with Crippen molar-refractivity contribution >= 4 is 11.9 Å². The van der Waals surface area contributed by atoms with Crippen LogP contribution >= 0.6 is 0 Å². The second-order valence-corrected chi connectivity index (χ2v) is 5.75. The second-order valence-electron chi connectivity index (χ2n) is 5.75. The van der Waals surface area contributed by atoms with Crippen molar-refractivity contribution in [3.8, 4) is 0 Å². The van der Waals surface area contributed by atoms with E-state index in [2.05, 4.69) is 16.0 Å². The van der Waals surface area contributed by atoms with E-state index in [1.165, 1.54) is 32.1 Å². The van der Waals surface area contributed by atoms with Gasteiger partial charge < -0.3 is 10.6 Å². The van der Waals surface area contributed by atoms with E-state index < -0.39 is 6.03 Å². The zero-order valence-corrected chi connectivity index (χ0v) is 12.8. The zero-order valence-electron chi connectivity index (χ0n) is 12.8. The van der Waals surface area contributed by atoms with Gasteiger partial charge in [-0.3, -0.25) is 10.1 Å². The van der Waals surface area contributed by atoms with Crippen LogP contribution in [0.4, 0.5) is 4.79 Å². The van der Waals surface area contributed by atoms with Crippen LogP contribution in [0, 0.1) is 0 Å². The van der Waals surface area contributed by atoms with E-state index in [4.69, 9.17) is 0 Å². The molecular formula is C15H29N3O2. The molecule has 0 aliphatic heterocycles. The molecule has 0 radical (unpaired) electrons. The van der Waals surface area contributed by atoms with Crippen LogP contribution in [-0.2, 0) is 4.79 Å². The number of carbonyl (C=O) groups excluding carboxylic acids is 2. The Morgan fingerprint density at radius 2 is 1.70 bits per heavy atom. The molecule has 5 heteroatoms. The maximum atomic E-state index is 11.7. The second kappa shape index (κ2) is 9.75. The molecule has 3 amide bonds. The first-order valence-electron chi connectivity index (χ1n) is 7.95. The van der Waals surface area contributed by atoms with E-state index in [0.29, 0.717) is 6.04 Å². The van der Waals surface area contributed by atoms with Gasteiger partial charge in [-0.1, -0.05) is 39.0 Å². The van der Waals surface area contributed by atoms with Crippen molar-refractivity contribution in [1.29, 1.82) is 0 Å². The summed E-state index contributed by atoms with van der Waals surface area (Å²) in [5.74, 6) is -0.257. The summed E-state index contributed by atoms with van der Waals surface area (Å²) in [4.78, 5) is 23.2. The molecule has 0 aromatic rings. The van der Waals surface area contributed by atoms with Gasteiger partial charge in [0.1, 0.15) is 0 Å². The highest BCUT2D eigenvalue weighted by atomic mass is 16.2. The summed E-state index contributed by atoms with van der Waals surface area (Å²) in [5, 5.41) is 8.35. The Labute approximate surface area is 122 Å². The molecule has 0 spiro atoms. The van der Waals surface area contributed by atoms with Gasteiger partial charge in [-0.15, -0.1) is 0 Å². The molecule has 0 unspecified atom stereocenters. The lowest BCUT2D eigenvalue weighted by Gasteiger charge is -2.20. The van der Waals surface area contributed by atoms with Crippen molar-refractivity contribution in [1.82, 2.24) is 16.0 Å². The van der Waals surface area contributed by atoms with Crippen LogP contribution in [0.3, 0.4) is 0 Å². The molecule has 0 aromatic heterocycles. The lowest BCUT2D eigenvalue weighted by atomic mass is 9.97. The zero-order chi connectivity index (χ0) is 14.8. The Morgan fingerprint density at radius 1 is 1.10 bits per heavy atom. The molecular weight excluding hydrogens is 254 g/mol. The van der Waals surface area contributed by atoms with Crippen molar-refractivity contribution in [2.24, 2.45) is 0 Å². The van der Waals surface area contributed by atoms with Gasteiger partial charge in [-0.05, 0) is 26.2 Å². The lowest BCUT2D eigenvalue weighted by molar-refractivity contribution is -0.119. The largest absolute Gasteiger partial charge is 0.335 e. The molecule has 0 aromatic carbocycles. The van der Waals surface area contributed by atoms with E-state index in [-0.39, 0.29) is 18.5 Å². The maximum Gasteiger partial charge on any atom is 0.321 e. The average Bonchev–Trinajstić information content (AvgIpc) is 2.37. The van der Waals surface area contributed by atoms with Crippen LogP contribution < -0.4 is 16.0 Å². The van der Waals surface area contributed by atoms with Gasteiger partial charge in [0, 0.05) is 12.1 Å². The monoisotopic (exact) mass is 283 g/mol. The van der Waals surface area contributed by atoms with Crippen LogP contribution in [0.25, 0.3) is 0 Å². The molecule has 0 heterocycles. The molecule has 1 rings (SSSR count). The van der Waals surface area contributed by atoms with Gasteiger partial charge in [-0.2, -0.15) is 0 Å². The predicted molar refractivity (Wildman–Crippen MR) is 80.5 cm³/mol. The normalized spacial score (nSPS) is 18.7. The molecule has 1 fully saturated rings. The molecule has 0 saturated heterocycles. The van der Waals surface area contributed by atoms with Crippen LogP contribution in [0.15, 0.2) is 0 Å². The van der Waals surface area contributed by atoms with Gasteiger partial charge in [-0.25, -0.2) is 4.79 Å². The third-order valence-electron chi connectivity index (χ3n) is 3.90. The Bertz CT molecular complexity index is 299. The van der Waals surface area contributed by atoms with Gasteiger partial charge in [0.15, 0.2) is 0 Å². The van der Waals surface area contributed by atoms with E-state index in [0.717, 1.165) is 19.3 Å². The van der Waals surface area contributed by atoms with Crippen molar-refractivity contribution in [2.45, 2.75) is 77.3 Å². The summed E-state index contributed by atoms with van der Waals surface area (Å²) in [7, 11) is 0. The standard InChI is InChI=1S/C15H29N3O2/c1-3-12(2)17-15(20)18-14(19)11-16-13-9-7-5-4-6-8-10-13/h12-13,16H,3-11H2,1-2H3,(H2,17,18,19,20)/t12-/m1/s1. The number of carbonyl (C=O) groups is 2. The van der Waals surface area contributed by atoms with Gasteiger partial charge in [0.05, 0.1) is 6.54 Å². The quantitative estimate of drug-likeness (QED) is 0.725. The predicted octanol–water partition coefficient (Wildman–Crippen LogP) is 2.31. The van der Waals surface area contributed by atoms with Crippen LogP contribution in [0.5, 0.6) is 0 Å². The smallest absolute Gasteiger partial charge is 0.321 e. The van der Waals surface area contributed by atoms with Crippen LogP contribution in [0.1, 0.15) is 65.2 Å². The molecule has 116 valence electrons. The Hall–Kier alpha value is -1.10. The number of hydrogen-bond donors (Lipinski definition) is 3. The highest BCUT2D eigenvalue weighted by Gasteiger charge is 2.14. The average molecular weight is 283 g/mol. The molecule has 1 aliphatic rings. The first kappa shape index (κ1) is 17.0. The first-order valence-corrected chi connectivity index (χ1v) is 7.95. The summed E-state index contributed by atoms with van der Waals surface area (Å²) in [5.41, 5.74) is 0. The third kappa shape index (κ3) is 7.48. The number of urea groups is 1. The SMILES string of the molecule is CC[C@@H](C)NC(=O)NC(=O)CNC1CCCCCCC1. The number of amides is 3. The summed E-state index contributed by atoms with van der Waals surface area (Å²) < 4.78 is 0.